The van der Waals surface area contributed by atoms with Crippen LogP contribution in [0.4, 0.5) is 0 Å². The second kappa shape index (κ2) is 6.94. The molecule has 21 heavy (non-hydrogen) atoms. The fourth-order valence-corrected chi connectivity index (χ4v) is 3.66. The molecule has 7 heteroatoms. The predicted molar refractivity (Wildman–Crippen MR) is 86.0 cm³/mol. The van der Waals surface area contributed by atoms with Crippen LogP contribution in [0.25, 0.3) is 0 Å². The van der Waals surface area contributed by atoms with Gasteiger partial charge in [-0.2, -0.15) is 0 Å². The van der Waals surface area contributed by atoms with Crippen molar-refractivity contribution in [3.8, 4) is 0 Å². The van der Waals surface area contributed by atoms with E-state index in [1.165, 1.54) is 12.1 Å². The minimum atomic E-state index is -3.86. The van der Waals surface area contributed by atoms with Crippen LogP contribution < -0.4 is 5.32 Å². The normalized spacial score (nSPS) is 18.5. The van der Waals surface area contributed by atoms with Crippen LogP contribution in [0.1, 0.15) is 29.6 Å². The quantitative estimate of drug-likeness (QED) is 0.630. The smallest absolute Gasteiger partial charge is 0.261 e. The molecule has 0 heterocycles. The van der Waals surface area contributed by atoms with Crippen molar-refractivity contribution in [1.29, 1.82) is 0 Å². The zero-order valence-electron chi connectivity index (χ0n) is 11.2. The SMILES string of the molecule is O=C(NCC1CC=CCC1)c1cc(Br)cc(S(=O)(=O)Cl)c1. The summed E-state index contributed by atoms with van der Waals surface area (Å²) in [5.41, 5.74) is 0.273. The summed E-state index contributed by atoms with van der Waals surface area (Å²) in [6.45, 7) is 0.582. The third-order valence-electron chi connectivity index (χ3n) is 3.34. The molecule has 1 aliphatic rings. The number of rotatable bonds is 4. The lowest BCUT2D eigenvalue weighted by Gasteiger charge is -2.18. The van der Waals surface area contributed by atoms with Crippen LogP contribution in [0.15, 0.2) is 39.7 Å². The van der Waals surface area contributed by atoms with Gasteiger partial charge < -0.3 is 5.32 Å². The Labute approximate surface area is 137 Å². The average Bonchev–Trinajstić information content (AvgIpc) is 2.44. The molecule has 1 unspecified atom stereocenters. The van der Waals surface area contributed by atoms with Crippen molar-refractivity contribution in [1.82, 2.24) is 5.32 Å². The van der Waals surface area contributed by atoms with E-state index in [2.05, 4.69) is 33.4 Å². The molecular formula is C14H15BrClNO3S. The fraction of sp³-hybridized carbons (Fsp3) is 0.357. The Morgan fingerprint density at radius 3 is 2.71 bits per heavy atom. The van der Waals surface area contributed by atoms with Crippen molar-refractivity contribution in [2.45, 2.75) is 24.2 Å². The number of amides is 1. The van der Waals surface area contributed by atoms with Crippen molar-refractivity contribution in [3.63, 3.8) is 0 Å². The molecule has 0 radical (unpaired) electrons. The molecule has 1 aliphatic carbocycles. The van der Waals surface area contributed by atoms with E-state index in [0.717, 1.165) is 19.3 Å². The van der Waals surface area contributed by atoms with Gasteiger partial charge in [-0.25, -0.2) is 8.42 Å². The van der Waals surface area contributed by atoms with Gasteiger partial charge in [0.2, 0.25) is 0 Å². The van der Waals surface area contributed by atoms with Crippen LogP contribution in [0.2, 0.25) is 0 Å². The monoisotopic (exact) mass is 391 g/mol. The molecule has 0 saturated heterocycles. The maximum Gasteiger partial charge on any atom is 0.261 e. The van der Waals surface area contributed by atoms with Crippen LogP contribution in [-0.2, 0) is 9.05 Å². The van der Waals surface area contributed by atoms with E-state index in [1.54, 1.807) is 6.07 Å². The first kappa shape index (κ1) is 16.5. The van der Waals surface area contributed by atoms with E-state index in [9.17, 15) is 13.2 Å². The summed E-state index contributed by atoms with van der Waals surface area (Å²) in [6, 6.07) is 4.22. The maximum absolute atomic E-state index is 12.1. The molecule has 0 saturated carbocycles. The summed E-state index contributed by atoms with van der Waals surface area (Å²) in [5, 5.41) is 2.84. The highest BCUT2D eigenvalue weighted by molar-refractivity contribution is 9.10. The number of nitrogens with one attached hydrogen (secondary N) is 1. The number of halogens is 2. The highest BCUT2D eigenvalue weighted by atomic mass is 79.9. The van der Waals surface area contributed by atoms with E-state index in [0.29, 0.717) is 16.9 Å². The van der Waals surface area contributed by atoms with E-state index < -0.39 is 9.05 Å². The van der Waals surface area contributed by atoms with E-state index in [-0.39, 0.29) is 16.4 Å². The highest BCUT2D eigenvalue weighted by Crippen LogP contribution is 2.23. The molecule has 2 rings (SSSR count). The number of benzene rings is 1. The van der Waals surface area contributed by atoms with Gasteiger partial charge in [0, 0.05) is 27.3 Å². The van der Waals surface area contributed by atoms with Crippen molar-refractivity contribution in [2.24, 2.45) is 5.92 Å². The minimum absolute atomic E-state index is 0.0932. The van der Waals surface area contributed by atoms with Crippen molar-refractivity contribution in [2.75, 3.05) is 6.54 Å². The lowest BCUT2D eigenvalue weighted by atomic mass is 9.94. The van der Waals surface area contributed by atoms with Crippen LogP contribution in [0.3, 0.4) is 0 Å². The Kier molecular flexibility index (Phi) is 5.46. The highest BCUT2D eigenvalue weighted by Gasteiger charge is 2.16. The van der Waals surface area contributed by atoms with Crippen molar-refractivity contribution < 1.29 is 13.2 Å². The molecule has 1 atom stereocenters. The molecule has 0 bridgehead atoms. The number of carbonyl (C=O) groups is 1. The second-order valence-electron chi connectivity index (χ2n) is 4.97. The van der Waals surface area contributed by atoms with Gasteiger partial charge >= 0.3 is 0 Å². The maximum atomic E-state index is 12.1. The van der Waals surface area contributed by atoms with Gasteiger partial charge in [-0.05, 0) is 43.4 Å². The Bertz CT molecular complexity index is 673. The summed E-state index contributed by atoms with van der Waals surface area (Å²) in [6.07, 6.45) is 7.31. The van der Waals surface area contributed by atoms with Gasteiger partial charge in [0.1, 0.15) is 0 Å². The fourth-order valence-electron chi connectivity index (χ4n) is 2.22. The van der Waals surface area contributed by atoms with Crippen LogP contribution in [-0.4, -0.2) is 20.9 Å². The number of hydrogen-bond donors (Lipinski definition) is 1. The average molecular weight is 393 g/mol. The Hall–Kier alpha value is -0.850. The van der Waals surface area contributed by atoms with Gasteiger partial charge in [0.25, 0.3) is 15.0 Å². The molecule has 0 spiro atoms. The standard InChI is InChI=1S/C14H15BrClNO3S/c15-12-6-11(7-13(8-12)21(16,19)20)14(18)17-9-10-4-2-1-3-5-10/h1-2,6-8,10H,3-5,9H2,(H,17,18). The molecule has 114 valence electrons. The molecule has 1 aromatic carbocycles. The predicted octanol–water partition coefficient (Wildman–Crippen LogP) is 3.46. The Balaban J connectivity index is 2.08. The Morgan fingerprint density at radius 1 is 1.33 bits per heavy atom. The molecule has 1 N–H and O–H groups in total. The third kappa shape index (κ3) is 4.83. The van der Waals surface area contributed by atoms with Gasteiger partial charge in [-0.15, -0.1) is 0 Å². The van der Waals surface area contributed by atoms with E-state index in [1.807, 2.05) is 0 Å². The molecular weight excluding hydrogens is 378 g/mol. The van der Waals surface area contributed by atoms with E-state index >= 15 is 0 Å². The van der Waals surface area contributed by atoms with Gasteiger partial charge in [0.15, 0.2) is 0 Å². The number of allylic oxidation sites excluding steroid dienone is 2. The molecule has 0 aliphatic heterocycles. The van der Waals surface area contributed by atoms with Crippen molar-refractivity contribution >= 4 is 41.6 Å². The van der Waals surface area contributed by atoms with Crippen LogP contribution >= 0.6 is 26.6 Å². The second-order valence-corrected chi connectivity index (χ2v) is 8.46. The van der Waals surface area contributed by atoms with E-state index in [4.69, 9.17) is 10.7 Å². The third-order valence-corrected chi connectivity index (χ3v) is 5.14. The molecule has 0 aromatic heterocycles. The topological polar surface area (TPSA) is 63.2 Å². The molecule has 1 aromatic rings. The number of carbonyl (C=O) groups excluding carboxylic acids is 1. The first-order valence-corrected chi connectivity index (χ1v) is 9.65. The number of hydrogen-bond acceptors (Lipinski definition) is 3. The molecule has 0 fully saturated rings. The molecule has 1 amide bonds. The first-order chi connectivity index (χ1) is 9.86. The largest absolute Gasteiger partial charge is 0.352 e. The summed E-state index contributed by atoms with van der Waals surface area (Å²) in [5.74, 6) is 0.134. The van der Waals surface area contributed by atoms with Gasteiger partial charge in [0.05, 0.1) is 4.90 Å². The van der Waals surface area contributed by atoms with Gasteiger partial charge in [-0.1, -0.05) is 28.1 Å². The lowest BCUT2D eigenvalue weighted by Crippen LogP contribution is -2.29. The van der Waals surface area contributed by atoms with Crippen LogP contribution in [0.5, 0.6) is 0 Å². The zero-order valence-corrected chi connectivity index (χ0v) is 14.3. The summed E-state index contributed by atoms with van der Waals surface area (Å²) < 4.78 is 23.2. The van der Waals surface area contributed by atoms with Crippen molar-refractivity contribution in [3.05, 3.63) is 40.4 Å². The lowest BCUT2D eigenvalue weighted by molar-refractivity contribution is 0.0946. The minimum Gasteiger partial charge on any atom is -0.352 e. The summed E-state index contributed by atoms with van der Waals surface area (Å²) in [4.78, 5) is 12.0. The van der Waals surface area contributed by atoms with Crippen LogP contribution in [0, 0.1) is 5.92 Å². The Morgan fingerprint density at radius 2 is 2.10 bits per heavy atom. The molecule has 4 nitrogen and oxygen atoms in total. The summed E-state index contributed by atoms with van der Waals surface area (Å²) >= 11 is 3.19. The van der Waals surface area contributed by atoms with Gasteiger partial charge in [-0.3, -0.25) is 4.79 Å². The summed E-state index contributed by atoms with van der Waals surface area (Å²) in [7, 11) is 1.45. The zero-order chi connectivity index (χ0) is 15.5. The first-order valence-electron chi connectivity index (χ1n) is 6.55.